The number of nitrogens with one attached hydrogen (secondary N) is 1. The number of nitrogens with zero attached hydrogens (tertiary/aromatic N) is 3. The van der Waals surface area contributed by atoms with Crippen LogP contribution in [0.15, 0.2) is 65.8 Å². The molecule has 2 unspecified atom stereocenters. The van der Waals surface area contributed by atoms with Gasteiger partial charge in [-0.2, -0.15) is 5.10 Å². The SMILES string of the molecule is CN1N=C2CCN(C(=O)C(COc3ccccc3)NC(=O)C(C)(C)N)CC2(Cc2ccccc2)C1=O. The number of rotatable bonds is 8. The molecular weight excluding hydrogens is 458 g/mol. The lowest BCUT2D eigenvalue weighted by Crippen LogP contribution is -2.62. The molecule has 4 rings (SSSR count). The summed E-state index contributed by atoms with van der Waals surface area (Å²) in [6.45, 7) is 3.65. The average Bonchev–Trinajstić information content (AvgIpc) is 3.10. The Morgan fingerprint density at radius 2 is 1.78 bits per heavy atom. The smallest absolute Gasteiger partial charge is 0.256 e. The quantitative estimate of drug-likeness (QED) is 0.581. The molecule has 2 aliphatic heterocycles. The second-order valence-electron chi connectivity index (χ2n) is 10.0. The van der Waals surface area contributed by atoms with E-state index < -0.39 is 22.9 Å². The third-order valence-corrected chi connectivity index (χ3v) is 6.61. The first kappa shape index (κ1) is 25.4. The van der Waals surface area contributed by atoms with Crippen molar-refractivity contribution in [1.29, 1.82) is 0 Å². The number of ether oxygens (including phenoxy) is 1. The van der Waals surface area contributed by atoms with Gasteiger partial charge in [-0.1, -0.05) is 48.5 Å². The van der Waals surface area contributed by atoms with E-state index in [9.17, 15) is 14.4 Å². The first-order chi connectivity index (χ1) is 17.1. The highest BCUT2D eigenvalue weighted by Crippen LogP contribution is 2.38. The topological polar surface area (TPSA) is 117 Å². The molecule has 2 aliphatic rings. The summed E-state index contributed by atoms with van der Waals surface area (Å²) in [5.74, 6) is -0.342. The van der Waals surface area contributed by atoms with Crippen molar-refractivity contribution in [2.24, 2.45) is 16.3 Å². The number of likely N-dealkylation sites (tertiary alicyclic amines) is 1. The molecular formula is C27H33N5O4. The Morgan fingerprint density at radius 3 is 2.42 bits per heavy atom. The summed E-state index contributed by atoms with van der Waals surface area (Å²) in [5, 5.41) is 8.64. The zero-order valence-corrected chi connectivity index (χ0v) is 20.9. The Balaban J connectivity index is 1.58. The van der Waals surface area contributed by atoms with Crippen LogP contribution < -0.4 is 15.8 Å². The van der Waals surface area contributed by atoms with E-state index in [1.54, 1.807) is 37.9 Å². The number of carbonyl (C=O) groups is 3. The van der Waals surface area contributed by atoms with Gasteiger partial charge < -0.3 is 20.7 Å². The minimum Gasteiger partial charge on any atom is -0.491 e. The van der Waals surface area contributed by atoms with Crippen LogP contribution >= 0.6 is 0 Å². The molecule has 3 N–H and O–H groups in total. The molecule has 0 saturated carbocycles. The van der Waals surface area contributed by atoms with Crippen LogP contribution in [0.25, 0.3) is 0 Å². The first-order valence-corrected chi connectivity index (χ1v) is 12.1. The highest BCUT2D eigenvalue weighted by Gasteiger charge is 2.54. The Hall–Kier alpha value is -3.72. The predicted molar refractivity (Wildman–Crippen MR) is 136 cm³/mol. The minimum absolute atomic E-state index is 0.0678. The maximum Gasteiger partial charge on any atom is 0.256 e. The van der Waals surface area contributed by atoms with Gasteiger partial charge >= 0.3 is 0 Å². The molecule has 0 aromatic heterocycles. The molecule has 1 saturated heterocycles. The summed E-state index contributed by atoms with van der Waals surface area (Å²) in [6.07, 6.45) is 0.907. The van der Waals surface area contributed by atoms with Crippen LogP contribution in [-0.2, 0) is 20.8 Å². The maximum atomic E-state index is 13.8. The van der Waals surface area contributed by atoms with E-state index in [0.29, 0.717) is 25.1 Å². The molecule has 0 radical (unpaired) electrons. The van der Waals surface area contributed by atoms with E-state index in [2.05, 4.69) is 10.4 Å². The summed E-state index contributed by atoms with van der Waals surface area (Å²) < 4.78 is 5.84. The van der Waals surface area contributed by atoms with Gasteiger partial charge in [0.2, 0.25) is 11.8 Å². The van der Waals surface area contributed by atoms with E-state index in [1.165, 1.54) is 5.01 Å². The van der Waals surface area contributed by atoms with Gasteiger partial charge in [-0.05, 0) is 38.0 Å². The normalized spacial score (nSPS) is 20.4. The number of hydrazone groups is 1. The molecule has 2 aromatic carbocycles. The van der Waals surface area contributed by atoms with E-state index >= 15 is 0 Å². The standard InChI is InChI=1S/C27H33N5O4/c1-26(2,28)24(34)29-21(17-36-20-12-8-5-9-13-20)23(33)32-15-14-22-27(18-32,25(35)31(3)30-22)16-19-10-6-4-7-11-19/h4-13,21H,14-18,28H2,1-3H3,(H,29,34). The van der Waals surface area contributed by atoms with E-state index in [1.807, 2.05) is 48.5 Å². The highest BCUT2D eigenvalue weighted by molar-refractivity contribution is 6.13. The van der Waals surface area contributed by atoms with Crippen molar-refractivity contribution in [3.05, 3.63) is 66.2 Å². The zero-order valence-electron chi connectivity index (χ0n) is 20.9. The minimum atomic E-state index is -1.17. The second-order valence-corrected chi connectivity index (χ2v) is 10.0. The van der Waals surface area contributed by atoms with Crippen molar-refractivity contribution in [1.82, 2.24) is 15.2 Å². The third-order valence-electron chi connectivity index (χ3n) is 6.61. The van der Waals surface area contributed by atoms with Gasteiger partial charge in [-0.15, -0.1) is 0 Å². The van der Waals surface area contributed by atoms with Crippen LogP contribution in [0.1, 0.15) is 25.8 Å². The van der Waals surface area contributed by atoms with Crippen LogP contribution in [0.4, 0.5) is 0 Å². The second kappa shape index (κ2) is 10.1. The zero-order chi connectivity index (χ0) is 25.9. The monoisotopic (exact) mass is 491 g/mol. The lowest BCUT2D eigenvalue weighted by Gasteiger charge is -2.40. The lowest BCUT2D eigenvalue weighted by atomic mass is 9.73. The fourth-order valence-corrected chi connectivity index (χ4v) is 4.65. The molecule has 0 bridgehead atoms. The molecule has 0 aliphatic carbocycles. The average molecular weight is 492 g/mol. The van der Waals surface area contributed by atoms with Crippen molar-refractivity contribution in [3.63, 3.8) is 0 Å². The lowest BCUT2D eigenvalue weighted by molar-refractivity contribution is -0.143. The molecule has 2 heterocycles. The van der Waals surface area contributed by atoms with E-state index in [-0.39, 0.29) is 25.0 Å². The van der Waals surface area contributed by atoms with Gasteiger partial charge in [0.1, 0.15) is 23.8 Å². The van der Waals surface area contributed by atoms with Crippen LogP contribution in [0.5, 0.6) is 5.75 Å². The summed E-state index contributed by atoms with van der Waals surface area (Å²) in [6, 6.07) is 17.8. The molecule has 2 aromatic rings. The summed E-state index contributed by atoms with van der Waals surface area (Å²) >= 11 is 0. The Labute approximate surface area is 211 Å². The molecule has 3 amide bonds. The van der Waals surface area contributed by atoms with Crippen LogP contribution in [-0.4, -0.2) is 71.7 Å². The van der Waals surface area contributed by atoms with Crippen molar-refractivity contribution < 1.29 is 19.1 Å². The third kappa shape index (κ3) is 5.26. The van der Waals surface area contributed by atoms with E-state index in [0.717, 1.165) is 11.3 Å². The van der Waals surface area contributed by atoms with Gasteiger partial charge in [0.25, 0.3) is 5.91 Å². The number of carbonyl (C=O) groups excluding carboxylic acids is 3. The van der Waals surface area contributed by atoms with Crippen molar-refractivity contribution in [2.75, 3.05) is 26.7 Å². The number of hydrogen-bond acceptors (Lipinski definition) is 6. The Morgan fingerprint density at radius 1 is 1.14 bits per heavy atom. The van der Waals surface area contributed by atoms with E-state index in [4.69, 9.17) is 10.5 Å². The predicted octanol–water partition coefficient (Wildman–Crippen LogP) is 1.58. The van der Waals surface area contributed by atoms with Crippen molar-refractivity contribution in [3.8, 4) is 5.75 Å². The van der Waals surface area contributed by atoms with Crippen LogP contribution in [0, 0.1) is 5.41 Å². The van der Waals surface area contributed by atoms with Gasteiger partial charge in [-0.25, -0.2) is 5.01 Å². The van der Waals surface area contributed by atoms with Gasteiger partial charge in [0.15, 0.2) is 0 Å². The van der Waals surface area contributed by atoms with Crippen LogP contribution in [0.2, 0.25) is 0 Å². The number of amides is 3. The van der Waals surface area contributed by atoms with Crippen LogP contribution in [0.3, 0.4) is 0 Å². The number of benzene rings is 2. The van der Waals surface area contributed by atoms with Gasteiger partial charge in [-0.3, -0.25) is 14.4 Å². The number of hydrogen-bond donors (Lipinski definition) is 2. The maximum absolute atomic E-state index is 13.8. The number of piperidine rings is 1. The number of fused-ring (bicyclic) bond motifs is 1. The highest BCUT2D eigenvalue weighted by atomic mass is 16.5. The molecule has 1 fully saturated rings. The first-order valence-electron chi connectivity index (χ1n) is 12.1. The van der Waals surface area contributed by atoms with Crippen molar-refractivity contribution in [2.45, 2.75) is 38.3 Å². The summed E-state index contributed by atoms with van der Waals surface area (Å²) in [7, 11) is 1.65. The van der Waals surface area contributed by atoms with Gasteiger partial charge in [0, 0.05) is 26.6 Å². The Bertz CT molecular complexity index is 1150. The molecule has 36 heavy (non-hydrogen) atoms. The fourth-order valence-electron chi connectivity index (χ4n) is 4.65. The fraction of sp³-hybridized carbons (Fsp3) is 0.407. The molecule has 9 nitrogen and oxygen atoms in total. The molecule has 0 spiro atoms. The molecule has 2 atom stereocenters. The number of para-hydroxylation sites is 1. The number of nitrogens with two attached hydrogens (primary N) is 1. The van der Waals surface area contributed by atoms with Crippen molar-refractivity contribution >= 4 is 23.4 Å². The largest absolute Gasteiger partial charge is 0.491 e. The molecule has 9 heteroatoms. The summed E-state index contributed by atoms with van der Waals surface area (Å²) in [4.78, 5) is 41.5. The van der Waals surface area contributed by atoms with Gasteiger partial charge in [0.05, 0.1) is 11.3 Å². The Kier molecular flexibility index (Phi) is 7.12. The molecule has 190 valence electrons. The summed E-state index contributed by atoms with van der Waals surface area (Å²) in [5.41, 5.74) is 5.64.